The van der Waals surface area contributed by atoms with Crippen LogP contribution in [0, 0.1) is 0 Å². The van der Waals surface area contributed by atoms with Crippen LogP contribution in [0.4, 0.5) is 24.5 Å². The normalized spacial score (nSPS) is 12.8. The molecule has 0 fully saturated rings. The number of nitrogens with one attached hydrogen (secondary N) is 2. The van der Waals surface area contributed by atoms with Gasteiger partial charge in [-0.1, -0.05) is 0 Å². The molecule has 0 saturated carbocycles. The van der Waals surface area contributed by atoms with Crippen LogP contribution in [0.5, 0.6) is 11.5 Å². The van der Waals surface area contributed by atoms with Crippen molar-refractivity contribution in [3.05, 3.63) is 48.0 Å². The van der Waals surface area contributed by atoms with Crippen molar-refractivity contribution in [2.75, 3.05) is 24.0 Å². The molecule has 8 heteroatoms. The first kappa shape index (κ1) is 16.9. The van der Waals surface area contributed by atoms with Crippen LogP contribution in [-0.4, -0.2) is 19.2 Å². The van der Waals surface area contributed by atoms with Gasteiger partial charge in [-0.15, -0.1) is 0 Å². The average molecular weight is 352 g/mol. The molecule has 2 aromatic carbocycles. The SMILES string of the molecule is O=C(CCNc1ccc(C(F)(F)F)cc1)Nc1ccc2c(c1)OCO2. The standard InChI is InChI=1S/C17H15F3N2O3/c18-17(19,20)11-1-3-12(4-2-11)21-8-7-16(23)22-13-5-6-14-15(9-13)25-10-24-14/h1-6,9,21H,7-8,10H2,(H,22,23). The number of fused-ring (bicyclic) bond motifs is 1. The zero-order valence-corrected chi connectivity index (χ0v) is 13.0. The van der Waals surface area contributed by atoms with Crippen LogP contribution in [0.15, 0.2) is 42.5 Å². The van der Waals surface area contributed by atoms with Gasteiger partial charge in [0, 0.05) is 30.4 Å². The number of carbonyl (C=O) groups is 1. The predicted molar refractivity (Wildman–Crippen MR) is 85.7 cm³/mol. The maximum Gasteiger partial charge on any atom is 0.416 e. The molecule has 132 valence electrons. The second-order valence-electron chi connectivity index (χ2n) is 5.37. The van der Waals surface area contributed by atoms with E-state index < -0.39 is 11.7 Å². The highest BCUT2D eigenvalue weighted by Gasteiger charge is 2.29. The van der Waals surface area contributed by atoms with E-state index >= 15 is 0 Å². The second kappa shape index (κ2) is 6.92. The van der Waals surface area contributed by atoms with E-state index in [9.17, 15) is 18.0 Å². The number of alkyl halides is 3. The Labute approximate surface area is 141 Å². The average Bonchev–Trinajstić information content (AvgIpc) is 3.02. The molecule has 3 rings (SSSR count). The second-order valence-corrected chi connectivity index (χ2v) is 5.37. The van der Waals surface area contributed by atoms with Gasteiger partial charge in [0.15, 0.2) is 11.5 Å². The van der Waals surface area contributed by atoms with Crippen LogP contribution in [0.25, 0.3) is 0 Å². The van der Waals surface area contributed by atoms with E-state index in [1.165, 1.54) is 12.1 Å². The minimum absolute atomic E-state index is 0.157. The zero-order valence-electron chi connectivity index (χ0n) is 13.0. The maximum atomic E-state index is 12.5. The number of amides is 1. The minimum Gasteiger partial charge on any atom is -0.454 e. The topological polar surface area (TPSA) is 59.6 Å². The quantitative estimate of drug-likeness (QED) is 0.858. The van der Waals surface area contributed by atoms with Gasteiger partial charge in [-0.05, 0) is 36.4 Å². The van der Waals surface area contributed by atoms with Crippen LogP contribution in [0.3, 0.4) is 0 Å². The predicted octanol–water partition coefficient (Wildman–Crippen LogP) is 3.87. The van der Waals surface area contributed by atoms with Crippen molar-refractivity contribution < 1.29 is 27.4 Å². The summed E-state index contributed by atoms with van der Waals surface area (Å²) in [6, 6.07) is 9.73. The number of halogens is 3. The van der Waals surface area contributed by atoms with Crippen LogP contribution in [0.2, 0.25) is 0 Å². The van der Waals surface area contributed by atoms with Gasteiger partial charge in [0.05, 0.1) is 5.56 Å². The largest absolute Gasteiger partial charge is 0.454 e. The molecule has 0 bridgehead atoms. The summed E-state index contributed by atoms with van der Waals surface area (Å²) in [6.45, 7) is 0.450. The lowest BCUT2D eigenvalue weighted by Crippen LogP contribution is -2.16. The van der Waals surface area contributed by atoms with E-state index in [2.05, 4.69) is 10.6 Å². The van der Waals surface area contributed by atoms with Crippen molar-refractivity contribution in [1.29, 1.82) is 0 Å². The van der Waals surface area contributed by atoms with Crippen molar-refractivity contribution >= 4 is 17.3 Å². The highest BCUT2D eigenvalue weighted by Crippen LogP contribution is 2.34. The van der Waals surface area contributed by atoms with Gasteiger partial charge in [-0.2, -0.15) is 13.2 Å². The lowest BCUT2D eigenvalue weighted by Gasteiger charge is -2.10. The summed E-state index contributed by atoms with van der Waals surface area (Å²) in [7, 11) is 0. The monoisotopic (exact) mass is 352 g/mol. The van der Waals surface area contributed by atoms with Gasteiger partial charge in [0.1, 0.15) is 0 Å². The summed E-state index contributed by atoms with van der Waals surface area (Å²) in [5, 5.41) is 5.63. The third kappa shape index (κ3) is 4.34. The molecule has 0 atom stereocenters. The van der Waals surface area contributed by atoms with Crippen molar-refractivity contribution in [3.63, 3.8) is 0 Å². The summed E-state index contributed by atoms with van der Waals surface area (Å²) in [4.78, 5) is 11.9. The number of carbonyl (C=O) groups excluding carboxylic acids is 1. The molecule has 25 heavy (non-hydrogen) atoms. The Bertz CT molecular complexity index is 761. The lowest BCUT2D eigenvalue weighted by atomic mass is 10.2. The van der Waals surface area contributed by atoms with Crippen LogP contribution >= 0.6 is 0 Å². The molecule has 1 amide bonds. The summed E-state index contributed by atoms with van der Waals surface area (Å²) in [5.41, 5.74) is 0.395. The van der Waals surface area contributed by atoms with Gasteiger partial charge in [-0.25, -0.2) is 0 Å². The highest BCUT2D eigenvalue weighted by molar-refractivity contribution is 5.91. The number of ether oxygens (including phenoxy) is 2. The molecule has 2 aromatic rings. The Morgan fingerprint density at radius 1 is 1.00 bits per heavy atom. The number of anilines is 2. The number of hydrogen-bond acceptors (Lipinski definition) is 4. The molecule has 0 spiro atoms. The zero-order chi connectivity index (χ0) is 17.9. The van der Waals surface area contributed by atoms with Crippen LogP contribution in [-0.2, 0) is 11.0 Å². The molecule has 2 N–H and O–H groups in total. The van der Waals surface area contributed by atoms with Crippen LogP contribution < -0.4 is 20.1 Å². The first-order valence-corrected chi connectivity index (χ1v) is 7.52. The van der Waals surface area contributed by atoms with Gasteiger partial charge < -0.3 is 20.1 Å². The molecule has 1 heterocycles. The molecule has 0 radical (unpaired) electrons. The third-order valence-corrected chi connectivity index (χ3v) is 3.55. The fourth-order valence-electron chi connectivity index (χ4n) is 2.30. The van der Waals surface area contributed by atoms with Gasteiger partial charge in [0.2, 0.25) is 12.7 Å². The summed E-state index contributed by atoms with van der Waals surface area (Å²) in [6.07, 6.45) is -4.20. The smallest absolute Gasteiger partial charge is 0.416 e. The Morgan fingerprint density at radius 2 is 1.68 bits per heavy atom. The summed E-state index contributed by atoms with van der Waals surface area (Å²) in [5.74, 6) is 0.973. The van der Waals surface area contributed by atoms with E-state index in [0.717, 1.165) is 12.1 Å². The van der Waals surface area contributed by atoms with Crippen molar-refractivity contribution in [3.8, 4) is 11.5 Å². The third-order valence-electron chi connectivity index (χ3n) is 3.55. The molecule has 5 nitrogen and oxygen atoms in total. The van der Waals surface area contributed by atoms with E-state index in [1.54, 1.807) is 18.2 Å². The van der Waals surface area contributed by atoms with Gasteiger partial charge >= 0.3 is 6.18 Å². The summed E-state index contributed by atoms with van der Waals surface area (Å²) >= 11 is 0. The number of hydrogen-bond donors (Lipinski definition) is 2. The lowest BCUT2D eigenvalue weighted by molar-refractivity contribution is -0.137. The molecule has 0 aromatic heterocycles. The Hall–Kier alpha value is -2.90. The van der Waals surface area contributed by atoms with E-state index in [4.69, 9.17) is 9.47 Å². The van der Waals surface area contributed by atoms with Crippen molar-refractivity contribution in [2.24, 2.45) is 0 Å². The summed E-state index contributed by atoms with van der Waals surface area (Å²) < 4.78 is 47.8. The minimum atomic E-state index is -4.36. The molecule has 0 unspecified atom stereocenters. The molecule has 0 aliphatic carbocycles. The first-order chi connectivity index (χ1) is 11.9. The van der Waals surface area contributed by atoms with E-state index in [-0.39, 0.29) is 19.1 Å². The van der Waals surface area contributed by atoms with E-state index in [1.807, 2.05) is 0 Å². The van der Waals surface area contributed by atoms with Crippen molar-refractivity contribution in [2.45, 2.75) is 12.6 Å². The fraction of sp³-hybridized carbons (Fsp3) is 0.235. The van der Waals surface area contributed by atoms with Gasteiger partial charge in [-0.3, -0.25) is 4.79 Å². The molecule has 0 saturated heterocycles. The Kier molecular flexibility index (Phi) is 4.69. The molecular weight excluding hydrogens is 337 g/mol. The molecule has 1 aliphatic heterocycles. The fourth-order valence-corrected chi connectivity index (χ4v) is 2.30. The maximum absolute atomic E-state index is 12.5. The Morgan fingerprint density at radius 3 is 2.40 bits per heavy atom. The Balaban J connectivity index is 1.46. The highest BCUT2D eigenvalue weighted by atomic mass is 19.4. The van der Waals surface area contributed by atoms with Crippen LogP contribution in [0.1, 0.15) is 12.0 Å². The van der Waals surface area contributed by atoms with E-state index in [0.29, 0.717) is 29.4 Å². The van der Waals surface area contributed by atoms with Gasteiger partial charge in [0.25, 0.3) is 0 Å². The number of benzene rings is 2. The number of rotatable bonds is 5. The molecular formula is C17H15F3N2O3. The van der Waals surface area contributed by atoms with Crippen molar-refractivity contribution in [1.82, 2.24) is 0 Å². The molecule has 1 aliphatic rings. The first-order valence-electron chi connectivity index (χ1n) is 7.52.